The van der Waals surface area contributed by atoms with E-state index in [0.29, 0.717) is 5.75 Å². The minimum absolute atomic E-state index is 0.0875. The summed E-state index contributed by atoms with van der Waals surface area (Å²) < 4.78 is 0. The molecule has 1 heterocycles. The predicted molar refractivity (Wildman–Crippen MR) is 59.9 cm³/mol. The van der Waals surface area contributed by atoms with Crippen molar-refractivity contribution < 1.29 is 5.11 Å². The monoisotopic (exact) mass is 202 g/mol. The Morgan fingerprint density at radius 2 is 1.93 bits per heavy atom. The van der Waals surface area contributed by atoms with Gasteiger partial charge in [-0.25, -0.2) is 0 Å². The Bertz CT molecular complexity index is 500. The van der Waals surface area contributed by atoms with E-state index in [0.717, 1.165) is 16.5 Å². The summed E-state index contributed by atoms with van der Waals surface area (Å²) in [6, 6.07) is 5.48. The molecule has 0 aliphatic rings. The minimum Gasteiger partial charge on any atom is -0.508 e. The van der Waals surface area contributed by atoms with E-state index in [-0.39, 0.29) is 5.41 Å². The summed E-state index contributed by atoms with van der Waals surface area (Å²) >= 11 is 0. The van der Waals surface area contributed by atoms with Gasteiger partial charge in [-0.05, 0) is 23.6 Å². The maximum atomic E-state index is 9.90. The average molecular weight is 202 g/mol. The van der Waals surface area contributed by atoms with Crippen molar-refractivity contribution in [2.45, 2.75) is 26.2 Å². The molecule has 0 aliphatic heterocycles. The van der Waals surface area contributed by atoms with Crippen LogP contribution in [0.5, 0.6) is 5.75 Å². The SMILES string of the molecule is CC(C)(C)c1cc2nnccc2cc1O. The van der Waals surface area contributed by atoms with Gasteiger partial charge in [0.2, 0.25) is 0 Å². The maximum absolute atomic E-state index is 9.90. The van der Waals surface area contributed by atoms with Gasteiger partial charge in [-0.15, -0.1) is 0 Å². The van der Waals surface area contributed by atoms with E-state index >= 15 is 0 Å². The van der Waals surface area contributed by atoms with Crippen LogP contribution in [0.3, 0.4) is 0 Å². The maximum Gasteiger partial charge on any atom is 0.120 e. The summed E-state index contributed by atoms with van der Waals surface area (Å²) in [7, 11) is 0. The van der Waals surface area contributed by atoms with Crippen molar-refractivity contribution in [3.05, 3.63) is 30.0 Å². The Kier molecular flexibility index (Phi) is 2.11. The van der Waals surface area contributed by atoms with Crippen molar-refractivity contribution in [1.29, 1.82) is 0 Å². The lowest BCUT2D eigenvalue weighted by Crippen LogP contribution is -2.11. The summed E-state index contributed by atoms with van der Waals surface area (Å²) in [5.74, 6) is 0.322. The number of nitrogens with zero attached hydrogens (tertiary/aromatic N) is 2. The van der Waals surface area contributed by atoms with Crippen LogP contribution in [0.25, 0.3) is 10.9 Å². The second kappa shape index (κ2) is 3.19. The highest BCUT2D eigenvalue weighted by molar-refractivity contribution is 5.80. The highest BCUT2D eigenvalue weighted by Gasteiger charge is 2.18. The molecule has 0 atom stereocenters. The Balaban J connectivity index is 2.73. The largest absolute Gasteiger partial charge is 0.508 e. The van der Waals surface area contributed by atoms with E-state index in [9.17, 15) is 5.11 Å². The van der Waals surface area contributed by atoms with Gasteiger partial charge in [-0.1, -0.05) is 20.8 Å². The summed E-state index contributed by atoms with van der Waals surface area (Å²) in [4.78, 5) is 0. The molecule has 3 heteroatoms. The Morgan fingerprint density at radius 3 is 2.60 bits per heavy atom. The zero-order valence-corrected chi connectivity index (χ0v) is 9.15. The molecule has 0 amide bonds. The third-order valence-corrected chi connectivity index (χ3v) is 2.44. The van der Waals surface area contributed by atoms with Gasteiger partial charge in [0.15, 0.2) is 0 Å². The van der Waals surface area contributed by atoms with Crippen molar-refractivity contribution in [2.75, 3.05) is 0 Å². The van der Waals surface area contributed by atoms with Crippen molar-refractivity contribution in [3.8, 4) is 5.75 Å². The summed E-state index contributed by atoms with van der Waals surface area (Å²) in [6.45, 7) is 6.18. The lowest BCUT2D eigenvalue weighted by atomic mass is 9.86. The number of rotatable bonds is 0. The highest BCUT2D eigenvalue weighted by Crippen LogP contribution is 2.33. The van der Waals surface area contributed by atoms with Crippen LogP contribution >= 0.6 is 0 Å². The first-order chi connectivity index (χ1) is 6.98. The molecule has 0 radical (unpaired) electrons. The van der Waals surface area contributed by atoms with Crippen LogP contribution in [-0.2, 0) is 5.41 Å². The topological polar surface area (TPSA) is 46.0 Å². The first-order valence-electron chi connectivity index (χ1n) is 4.93. The molecule has 78 valence electrons. The predicted octanol–water partition coefficient (Wildman–Crippen LogP) is 2.63. The Morgan fingerprint density at radius 1 is 1.20 bits per heavy atom. The fraction of sp³-hybridized carbons (Fsp3) is 0.333. The van der Waals surface area contributed by atoms with Crippen molar-refractivity contribution in [1.82, 2.24) is 10.2 Å². The van der Waals surface area contributed by atoms with Crippen LogP contribution in [-0.4, -0.2) is 15.3 Å². The first kappa shape index (κ1) is 9.90. The number of phenols is 1. The normalized spacial score (nSPS) is 11.9. The van der Waals surface area contributed by atoms with Crippen molar-refractivity contribution in [3.63, 3.8) is 0 Å². The second-order valence-electron chi connectivity index (χ2n) is 4.71. The van der Waals surface area contributed by atoms with E-state index in [4.69, 9.17) is 0 Å². The zero-order chi connectivity index (χ0) is 11.1. The molecule has 0 saturated carbocycles. The molecule has 0 unspecified atom stereocenters. The standard InChI is InChI=1S/C12H14N2O/c1-12(2,3)9-7-10-8(6-11(9)15)4-5-13-14-10/h4-7,15H,1-3H3. The molecule has 0 fully saturated rings. The molecule has 0 saturated heterocycles. The number of hydrogen-bond acceptors (Lipinski definition) is 3. The number of fused-ring (bicyclic) bond motifs is 1. The molecule has 15 heavy (non-hydrogen) atoms. The van der Waals surface area contributed by atoms with Gasteiger partial charge in [0, 0.05) is 10.9 Å². The molecule has 0 spiro atoms. The molecule has 1 aromatic heterocycles. The molecular weight excluding hydrogens is 188 g/mol. The molecule has 0 aliphatic carbocycles. The summed E-state index contributed by atoms with van der Waals surface area (Å²) in [6.07, 6.45) is 1.62. The third-order valence-electron chi connectivity index (χ3n) is 2.44. The molecule has 1 aromatic carbocycles. The lowest BCUT2D eigenvalue weighted by Gasteiger charge is -2.20. The number of hydrogen-bond donors (Lipinski definition) is 1. The Hall–Kier alpha value is -1.64. The summed E-state index contributed by atoms with van der Waals surface area (Å²) in [5, 5.41) is 18.7. The van der Waals surface area contributed by atoms with Gasteiger partial charge < -0.3 is 5.11 Å². The molecule has 3 nitrogen and oxygen atoms in total. The van der Waals surface area contributed by atoms with Crippen LogP contribution in [0, 0.1) is 0 Å². The van der Waals surface area contributed by atoms with E-state index in [1.807, 2.05) is 12.1 Å². The quantitative estimate of drug-likeness (QED) is 0.714. The second-order valence-corrected chi connectivity index (χ2v) is 4.71. The molecular formula is C12H14N2O. The fourth-order valence-corrected chi connectivity index (χ4v) is 1.62. The highest BCUT2D eigenvalue weighted by atomic mass is 16.3. The van der Waals surface area contributed by atoms with Gasteiger partial charge in [-0.2, -0.15) is 10.2 Å². The van der Waals surface area contributed by atoms with E-state index in [1.54, 1.807) is 12.3 Å². The summed E-state index contributed by atoms with van der Waals surface area (Å²) in [5.41, 5.74) is 1.63. The molecule has 0 bridgehead atoms. The molecule has 2 aromatic rings. The van der Waals surface area contributed by atoms with E-state index in [2.05, 4.69) is 31.0 Å². The fourth-order valence-electron chi connectivity index (χ4n) is 1.62. The van der Waals surface area contributed by atoms with Gasteiger partial charge in [0.05, 0.1) is 11.7 Å². The average Bonchev–Trinajstić information content (AvgIpc) is 2.15. The van der Waals surface area contributed by atoms with Crippen LogP contribution in [0.15, 0.2) is 24.4 Å². The van der Waals surface area contributed by atoms with Crippen molar-refractivity contribution >= 4 is 10.9 Å². The van der Waals surface area contributed by atoms with Crippen LogP contribution in [0.4, 0.5) is 0 Å². The van der Waals surface area contributed by atoms with Crippen LogP contribution < -0.4 is 0 Å². The zero-order valence-electron chi connectivity index (χ0n) is 9.15. The molecule has 1 N–H and O–H groups in total. The van der Waals surface area contributed by atoms with Crippen LogP contribution in [0.1, 0.15) is 26.3 Å². The van der Waals surface area contributed by atoms with Gasteiger partial charge in [0.1, 0.15) is 5.75 Å². The number of aromatic hydroxyl groups is 1. The van der Waals surface area contributed by atoms with Gasteiger partial charge >= 0.3 is 0 Å². The third kappa shape index (κ3) is 1.77. The smallest absolute Gasteiger partial charge is 0.120 e. The van der Waals surface area contributed by atoms with Gasteiger partial charge in [0.25, 0.3) is 0 Å². The van der Waals surface area contributed by atoms with Gasteiger partial charge in [-0.3, -0.25) is 0 Å². The minimum atomic E-state index is -0.0875. The number of phenolic OH excluding ortho intramolecular Hbond substituents is 1. The lowest BCUT2D eigenvalue weighted by molar-refractivity contribution is 0.447. The number of aromatic nitrogens is 2. The van der Waals surface area contributed by atoms with E-state index in [1.165, 1.54) is 0 Å². The first-order valence-corrected chi connectivity index (χ1v) is 4.93. The van der Waals surface area contributed by atoms with Crippen LogP contribution in [0.2, 0.25) is 0 Å². The number of benzene rings is 1. The molecule has 2 rings (SSSR count). The Labute approximate surface area is 88.8 Å². The van der Waals surface area contributed by atoms with Crippen molar-refractivity contribution in [2.24, 2.45) is 0 Å². The van der Waals surface area contributed by atoms with E-state index < -0.39 is 0 Å².